The fourth-order valence-electron chi connectivity index (χ4n) is 0.746. The van der Waals surface area contributed by atoms with Gasteiger partial charge in [0.15, 0.2) is 0 Å². The first-order valence-electron chi connectivity index (χ1n) is 3.26. The molecule has 0 rings (SSSR count). The summed E-state index contributed by atoms with van der Waals surface area (Å²) < 4.78 is 0. The molecule has 0 saturated carbocycles. The minimum atomic E-state index is -0.913. The van der Waals surface area contributed by atoms with Crippen molar-refractivity contribution in [3.63, 3.8) is 0 Å². The van der Waals surface area contributed by atoms with E-state index in [9.17, 15) is 0 Å². The van der Waals surface area contributed by atoms with E-state index in [4.69, 9.17) is 0 Å². The monoisotopic (exact) mass is 128 g/mol. The predicted molar refractivity (Wildman–Crippen MR) is 42.8 cm³/mol. The van der Waals surface area contributed by atoms with E-state index >= 15 is 0 Å². The Bertz CT molecular complexity index is 74.5. The van der Waals surface area contributed by atoms with Crippen molar-refractivity contribution in [3.8, 4) is 0 Å². The van der Waals surface area contributed by atoms with E-state index in [-0.39, 0.29) is 0 Å². The third kappa shape index (κ3) is 3.02. The molecule has 0 aromatic carbocycles. The summed E-state index contributed by atoms with van der Waals surface area (Å²) in [4.78, 5) is 0. The molecule has 0 radical (unpaired) electrons. The highest BCUT2D eigenvalue weighted by molar-refractivity contribution is 6.82. The second-order valence-electron chi connectivity index (χ2n) is 2.94. The van der Waals surface area contributed by atoms with Gasteiger partial charge in [-0.05, 0) is 0 Å². The summed E-state index contributed by atoms with van der Waals surface area (Å²) in [5, 5.41) is 0. The summed E-state index contributed by atoms with van der Waals surface area (Å²) in [6.45, 7) is 10.7. The Balaban J connectivity index is 3.53. The quantitative estimate of drug-likeness (QED) is 0.513. The van der Waals surface area contributed by atoms with E-state index in [2.05, 4.69) is 32.3 Å². The molecular formula is C7H16Si. The van der Waals surface area contributed by atoms with E-state index in [1.807, 2.05) is 0 Å². The van der Waals surface area contributed by atoms with Crippen molar-refractivity contribution in [2.75, 3.05) is 0 Å². The molecule has 0 aromatic heterocycles. The molecule has 0 aliphatic rings. The van der Waals surface area contributed by atoms with Gasteiger partial charge in [-0.2, -0.15) is 0 Å². The first kappa shape index (κ1) is 7.96. The average Bonchev–Trinajstić information content (AvgIpc) is 1.67. The lowest BCUT2D eigenvalue weighted by atomic mass is 10.6. The highest BCUT2D eigenvalue weighted by atomic mass is 28.3. The van der Waals surface area contributed by atoms with Gasteiger partial charge in [-0.15, -0.1) is 12.3 Å². The van der Waals surface area contributed by atoms with Gasteiger partial charge in [-0.25, -0.2) is 0 Å². The smallest absolute Gasteiger partial charge is 0.0709 e. The highest BCUT2D eigenvalue weighted by Crippen LogP contribution is 2.11. The van der Waals surface area contributed by atoms with Crippen molar-refractivity contribution in [2.24, 2.45) is 0 Å². The molecule has 0 spiro atoms. The average molecular weight is 128 g/mol. The van der Waals surface area contributed by atoms with Crippen molar-refractivity contribution in [1.29, 1.82) is 0 Å². The van der Waals surface area contributed by atoms with E-state index in [1.54, 1.807) is 0 Å². The second kappa shape index (κ2) is 3.08. The highest BCUT2D eigenvalue weighted by Gasteiger charge is 2.12. The molecule has 48 valence electrons. The van der Waals surface area contributed by atoms with E-state index in [0.717, 1.165) is 0 Å². The summed E-state index contributed by atoms with van der Waals surface area (Å²) in [5.41, 5.74) is 2.16. The Morgan fingerprint density at radius 3 is 2.12 bits per heavy atom. The molecule has 0 bridgehead atoms. The van der Waals surface area contributed by atoms with Crippen LogP contribution in [0.1, 0.15) is 13.3 Å². The van der Waals surface area contributed by atoms with Gasteiger partial charge in [-0.3, -0.25) is 0 Å². The molecular weight excluding hydrogens is 112 g/mol. The lowest BCUT2D eigenvalue weighted by Gasteiger charge is -2.14. The van der Waals surface area contributed by atoms with Crippen LogP contribution in [0, 0.1) is 0 Å². The molecule has 0 N–H and O–H groups in total. The Morgan fingerprint density at radius 1 is 1.50 bits per heavy atom. The Kier molecular flexibility index (Phi) is 3.06. The van der Waals surface area contributed by atoms with Crippen LogP contribution in [0.15, 0.2) is 12.3 Å². The largest absolute Gasteiger partial charge is 0.107 e. The SMILES string of the molecule is C=C[Si](C)(C)CCC. The molecule has 0 saturated heterocycles. The third-order valence-electron chi connectivity index (χ3n) is 1.45. The summed E-state index contributed by atoms with van der Waals surface area (Å²) >= 11 is 0. The zero-order valence-corrected chi connectivity index (χ0v) is 7.20. The maximum absolute atomic E-state index is 3.81. The van der Waals surface area contributed by atoms with Gasteiger partial charge >= 0.3 is 0 Å². The van der Waals surface area contributed by atoms with Crippen LogP contribution >= 0.6 is 0 Å². The van der Waals surface area contributed by atoms with Gasteiger partial charge in [0.25, 0.3) is 0 Å². The van der Waals surface area contributed by atoms with Crippen LogP contribution in [0.25, 0.3) is 0 Å². The fraction of sp³-hybridized carbons (Fsp3) is 0.714. The fourth-order valence-corrected chi connectivity index (χ4v) is 2.24. The number of hydrogen-bond acceptors (Lipinski definition) is 0. The standard InChI is InChI=1S/C7H16Si/c1-5-7-8(3,4)6-2/h6H,2,5,7H2,1,3-4H3. The van der Waals surface area contributed by atoms with Crippen LogP contribution in [-0.4, -0.2) is 8.07 Å². The molecule has 0 amide bonds. The summed E-state index contributed by atoms with van der Waals surface area (Å²) in [6, 6.07) is 1.39. The molecule has 0 atom stereocenters. The summed E-state index contributed by atoms with van der Waals surface area (Å²) in [7, 11) is -0.913. The van der Waals surface area contributed by atoms with Crippen LogP contribution in [0.2, 0.25) is 19.1 Å². The van der Waals surface area contributed by atoms with E-state index in [0.29, 0.717) is 0 Å². The first-order chi connectivity index (χ1) is 3.62. The molecule has 0 aliphatic heterocycles. The molecule has 0 fully saturated rings. The van der Waals surface area contributed by atoms with Gasteiger partial charge < -0.3 is 0 Å². The maximum Gasteiger partial charge on any atom is 0.0709 e. The van der Waals surface area contributed by atoms with Gasteiger partial charge in [0.2, 0.25) is 0 Å². The summed E-state index contributed by atoms with van der Waals surface area (Å²) in [5.74, 6) is 0. The van der Waals surface area contributed by atoms with Crippen LogP contribution < -0.4 is 0 Å². The minimum absolute atomic E-state index is 0.913. The zero-order valence-electron chi connectivity index (χ0n) is 6.20. The van der Waals surface area contributed by atoms with Crippen molar-refractivity contribution in [3.05, 3.63) is 12.3 Å². The number of rotatable bonds is 3. The van der Waals surface area contributed by atoms with Gasteiger partial charge in [-0.1, -0.05) is 32.5 Å². The third-order valence-corrected chi connectivity index (χ3v) is 4.34. The molecule has 0 heterocycles. The van der Waals surface area contributed by atoms with Gasteiger partial charge in [0, 0.05) is 0 Å². The van der Waals surface area contributed by atoms with Crippen molar-refractivity contribution in [2.45, 2.75) is 32.5 Å². The number of hydrogen-bond donors (Lipinski definition) is 0. The zero-order chi connectivity index (χ0) is 6.62. The molecule has 8 heavy (non-hydrogen) atoms. The first-order valence-corrected chi connectivity index (χ1v) is 6.54. The van der Waals surface area contributed by atoms with Gasteiger partial charge in [0.1, 0.15) is 0 Å². The van der Waals surface area contributed by atoms with Crippen LogP contribution in [-0.2, 0) is 0 Å². The Morgan fingerprint density at radius 2 is 2.00 bits per heavy atom. The minimum Gasteiger partial charge on any atom is -0.107 e. The predicted octanol–water partition coefficient (Wildman–Crippen LogP) is 2.83. The van der Waals surface area contributed by atoms with Crippen molar-refractivity contribution >= 4 is 8.07 Å². The van der Waals surface area contributed by atoms with E-state index < -0.39 is 8.07 Å². The maximum atomic E-state index is 3.81. The normalized spacial score (nSPS) is 11.4. The summed E-state index contributed by atoms with van der Waals surface area (Å²) in [6.07, 6.45) is 1.31. The Hall–Kier alpha value is -0.0431. The van der Waals surface area contributed by atoms with Crippen LogP contribution in [0.4, 0.5) is 0 Å². The van der Waals surface area contributed by atoms with Gasteiger partial charge in [0.05, 0.1) is 8.07 Å². The molecule has 0 nitrogen and oxygen atoms in total. The van der Waals surface area contributed by atoms with Crippen molar-refractivity contribution < 1.29 is 0 Å². The van der Waals surface area contributed by atoms with E-state index in [1.165, 1.54) is 12.5 Å². The molecule has 0 unspecified atom stereocenters. The second-order valence-corrected chi connectivity index (χ2v) is 7.83. The van der Waals surface area contributed by atoms with Crippen molar-refractivity contribution in [1.82, 2.24) is 0 Å². The lowest BCUT2D eigenvalue weighted by molar-refractivity contribution is 1.05. The van der Waals surface area contributed by atoms with Crippen LogP contribution in [0.3, 0.4) is 0 Å². The Labute approximate surface area is 53.6 Å². The molecule has 0 aromatic rings. The molecule has 1 heteroatoms. The van der Waals surface area contributed by atoms with Crippen LogP contribution in [0.5, 0.6) is 0 Å². The topological polar surface area (TPSA) is 0 Å². The lowest BCUT2D eigenvalue weighted by Crippen LogP contribution is -2.20. The molecule has 0 aliphatic carbocycles.